The molecule has 2 aromatic heterocycles. The average Bonchev–Trinajstić information content (AvgIpc) is 3.24. The van der Waals surface area contributed by atoms with Crippen molar-refractivity contribution in [1.82, 2.24) is 9.97 Å². The molecule has 0 saturated heterocycles. The number of hydrogen-bond donors (Lipinski definition) is 1. The Labute approximate surface area is 188 Å². The van der Waals surface area contributed by atoms with E-state index in [2.05, 4.69) is 25.9 Å². The van der Waals surface area contributed by atoms with Gasteiger partial charge in [-0.25, -0.2) is 9.97 Å². The predicted octanol–water partition coefficient (Wildman–Crippen LogP) is 5.48. The highest BCUT2D eigenvalue weighted by Crippen LogP contribution is 2.37. The van der Waals surface area contributed by atoms with Gasteiger partial charge in [0, 0.05) is 27.6 Å². The first-order valence-corrected chi connectivity index (χ1v) is 10.5. The number of aromatic nitrogens is 2. The molecule has 4 aromatic rings. The Morgan fingerprint density at radius 2 is 1.68 bits per heavy atom. The van der Waals surface area contributed by atoms with Gasteiger partial charge in [-0.2, -0.15) is 5.10 Å². The maximum absolute atomic E-state index is 6.03. The largest absolute Gasteiger partial charge is 0.496 e. The number of rotatable bonds is 7. The van der Waals surface area contributed by atoms with Crippen LogP contribution in [0.25, 0.3) is 21.3 Å². The Morgan fingerprint density at radius 1 is 0.968 bits per heavy atom. The fraction of sp³-hybridized carbons (Fsp3) is 0.136. The number of benzene rings is 2. The first-order valence-electron chi connectivity index (χ1n) is 9.21. The van der Waals surface area contributed by atoms with Crippen LogP contribution in [-0.2, 0) is 0 Å². The molecule has 0 bridgehead atoms. The van der Waals surface area contributed by atoms with Crippen LogP contribution in [0, 0.1) is 0 Å². The lowest BCUT2D eigenvalue weighted by Gasteiger charge is -2.11. The van der Waals surface area contributed by atoms with Crippen LogP contribution in [0.1, 0.15) is 5.56 Å². The molecule has 0 radical (unpaired) electrons. The van der Waals surface area contributed by atoms with Crippen molar-refractivity contribution in [3.8, 4) is 28.4 Å². The van der Waals surface area contributed by atoms with E-state index < -0.39 is 0 Å². The van der Waals surface area contributed by atoms with E-state index >= 15 is 0 Å². The van der Waals surface area contributed by atoms with Crippen molar-refractivity contribution >= 4 is 45.2 Å². The van der Waals surface area contributed by atoms with Gasteiger partial charge in [-0.15, -0.1) is 11.3 Å². The van der Waals surface area contributed by atoms with Crippen LogP contribution < -0.4 is 19.6 Å². The number of anilines is 1. The Bertz CT molecular complexity index is 1240. The number of nitrogens with zero attached hydrogens (tertiary/aromatic N) is 3. The van der Waals surface area contributed by atoms with Gasteiger partial charge in [-0.3, -0.25) is 5.43 Å². The van der Waals surface area contributed by atoms with E-state index in [9.17, 15) is 0 Å². The van der Waals surface area contributed by atoms with Crippen molar-refractivity contribution in [2.24, 2.45) is 5.10 Å². The van der Waals surface area contributed by atoms with E-state index in [0.717, 1.165) is 26.9 Å². The van der Waals surface area contributed by atoms with E-state index in [-0.39, 0.29) is 0 Å². The summed E-state index contributed by atoms with van der Waals surface area (Å²) in [7, 11) is 4.74. The summed E-state index contributed by atoms with van der Waals surface area (Å²) in [4.78, 5) is 9.63. The highest BCUT2D eigenvalue weighted by molar-refractivity contribution is 7.17. The molecule has 4 rings (SSSR count). The van der Waals surface area contributed by atoms with Gasteiger partial charge >= 0.3 is 0 Å². The molecule has 0 spiro atoms. The minimum Gasteiger partial charge on any atom is -0.496 e. The molecule has 2 heterocycles. The predicted molar refractivity (Wildman–Crippen MR) is 125 cm³/mol. The number of hydrogen-bond acceptors (Lipinski definition) is 8. The highest BCUT2D eigenvalue weighted by atomic mass is 35.5. The van der Waals surface area contributed by atoms with Gasteiger partial charge in [0.15, 0.2) is 17.3 Å². The third kappa shape index (κ3) is 4.26. The number of hydrazone groups is 1. The summed E-state index contributed by atoms with van der Waals surface area (Å²) < 4.78 is 16.1. The third-order valence-electron chi connectivity index (χ3n) is 4.64. The summed E-state index contributed by atoms with van der Waals surface area (Å²) in [5, 5.41) is 8.00. The van der Waals surface area contributed by atoms with E-state index in [0.29, 0.717) is 28.1 Å². The second-order valence-electron chi connectivity index (χ2n) is 6.38. The molecule has 9 heteroatoms. The number of ether oxygens (including phenoxy) is 3. The SMILES string of the molecule is COc1cc(OC)c(OC)cc1/C=N/Nc1ncnc2scc(-c3ccc(Cl)cc3)c12. The second-order valence-corrected chi connectivity index (χ2v) is 7.67. The molecule has 31 heavy (non-hydrogen) atoms. The maximum Gasteiger partial charge on any atom is 0.164 e. The van der Waals surface area contributed by atoms with Crippen LogP contribution in [-0.4, -0.2) is 37.5 Å². The first-order chi connectivity index (χ1) is 15.1. The summed E-state index contributed by atoms with van der Waals surface area (Å²) in [6, 6.07) is 11.2. The van der Waals surface area contributed by atoms with Crippen molar-refractivity contribution in [3.63, 3.8) is 0 Å². The van der Waals surface area contributed by atoms with Gasteiger partial charge in [0.1, 0.15) is 16.9 Å². The fourth-order valence-corrected chi connectivity index (χ4v) is 4.16. The summed E-state index contributed by atoms with van der Waals surface area (Å²) in [5.74, 6) is 2.37. The normalized spacial score (nSPS) is 11.1. The van der Waals surface area contributed by atoms with Crippen molar-refractivity contribution in [2.45, 2.75) is 0 Å². The van der Waals surface area contributed by atoms with Gasteiger partial charge in [-0.05, 0) is 23.8 Å². The molecule has 0 aliphatic rings. The zero-order valence-electron chi connectivity index (χ0n) is 17.0. The van der Waals surface area contributed by atoms with Crippen molar-refractivity contribution < 1.29 is 14.2 Å². The molecule has 2 aromatic carbocycles. The van der Waals surface area contributed by atoms with Crippen molar-refractivity contribution in [2.75, 3.05) is 26.8 Å². The van der Waals surface area contributed by atoms with Crippen LogP contribution in [0.5, 0.6) is 17.2 Å². The van der Waals surface area contributed by atoms with Crippen LogP contribution in [0.2, 0.25) is 5.02 Å². The second kappa shape index (κ2) is 9.20. The smallest absolute Gasteiger partial charge is 0.164 e. The minimum absolute atomic E-state index is 0.577. The number of fused-ring (bicyclic) bond motifs is 1. The summed E-state index contributed by atoms with van der Waals surface area (Å²) in [6.45, 7) is 0. The summed E-state index contributed by atoms with van der Waals surface area (Å²) in [6.07, 6.45) is 3.16. The standard InChI is InChI=1S/C22H19ClN4O3S/c1-28-17-9-19(30-3)18(29-2)8-14(17)10-26-27-21-20-16(11-31-22(20)25-12-24-21)13-4-6-15(23)7-5-13/h4-12H,1-3H3,(H,24,25,27)/b26-10+. The molecular weight excluding hydrogens is 436 g/mol. The average molecular weight is 455 g/mol. The third-order valence-corrected chi connectivity index (χ3v) is 5.77. The van der Waals surface area contributed by atoms with Crippen molar-refractivity contribution in [1.29, 1.82) is 0 Å². The molecule has 0 amide bonds. The van der Waals surface area contributed by atoms with E-state index in [1.807, 2.05) is 24.3 Å². The lowest BCUT2D eigenvalue weighted by Crippen LogP contribution is -1.99. The summed E-state index contributed by atoms with van der Waals surface area (Å²) >= 11 is 7.58. The Morgan fingerprint density at radius 3 is 2.39 bits per heavy atom. The Kier molecular flexibility index (Phi) is 6.20. The van der Waals surface area contributed by atoms with E-state index in [1.165, 1.54) is 6.33 Å². The van der Waals surface area contributed by atoms with Gasteiger partial charge in [0.2, 0.25) is 0 Å². The first kappa shape index (κ1) is 20.9. The van der Waals surface area contributed by atoms with E-state index in [1.54, 1.807) is 51.0 Å². The number of halogens is 1. The fourth-order valence-electron chi connectivity index (χ4n) is 3.12. The number of methoxy groups -OCH3 is 3. The number of thiophene rings is 1. The van der Waals surface area contributed by atoms with Crippen LogP contribution in [0.15, 0.2) is 53.2 Å². The van der Waals surface area contributed by atoms with Crippen molar-refractivity contribution in [3.05, 3.63) is 58.7 Å². The topological polar surface area (TPSA) is 77.9 Å². The molecule has 0 unspecified atom stereocenters. The molecule has 0 aliphatic carbocycles. The number of nitrogens with one attached hydrogen (secondary N) is 1. The monoisotopic (exact) mass is 454 g/mol. The molecule has 7 nitrogen and oxygen atoms in total. The zero-order valence-corrected chi connectivity index (χ0v) is 18.6. The molecule has 158 valence electrons. The zero-order chi connectivity index (χ0) is 21.8. The molecule has 0 fully saturated rings. The molecule has 0 atom stereocenters. The minimum atomic E-state index is 0.577. The molecule has 1 N–H and O–H groups in total. The quantitative estimate of drug-likeness (QED) is 0.294. The van der Waals surface area contributed by atoms with Gasteiger partial charge < -0.3 is 14.2 Å². The maximum atomic E-state index is 6.03. The molecular formula is C22H19ClN4O3S. The van der Waals surface area contributed by atoms with Crippen LogP contribution in [0.4, 0.5) is 5.82 Å². The van der Waals surface area contributed by atoms with Gasteiger partial charge in [-0.1, -0.05) is 23.7 Å². The van der Waals surface area contributed by atoms with Gasteiger partial charge in [0.05, 0.1) is 32.9 Å². The molecule has 0 saturated carbocycles. The summed E-state index contributed by atoms with van der Waals surface area (Å²) in [5.41, 5.74) is 5.80. The van der Waals surface area contributed by atoms with Crippen LogP contribution >= 0.6 is 22.9 Å². The van der Waals surface area contributed by atoms with E-state index in [4.69, 9.17) is 25.8 Å². The van der Waals surface area contributed by atoms with Gasteiger partial charge in [0.25, 0.3) is 0 Å². The molecule has 0 aliphatic heterocycles. The highest BCUT2D eigenvalue weighted by Gasteiger charge is 2.14. The Hall–Kier alpha value is -3.36. The lowest BCUT2D eigenvalue weighted by molar-refractivity contribution is 0.349. The van der Waals surface area contributed by atoms with Crippen LogP contribution in [0.3, 0.4) is 0 Å². The lowest BCUT2D eigenvalue weighted by atomic mass is 10.1. The Balaban J connectivity index is 1.68.